The minimum Gasteiger partial charge on any atom is -0.493 e. The van der Waals surface area contributed by atoms with Gasteiger partial charge in [0, 0.05) is 18.3 Å². The molecule has 19 heavy (non-hydrogen) atoms. The van der Waals surface area contributed by atoms with E-state index in [9.17, 15) is 0 Å². The van der Waals surface area contributed by atoms with Gasteiger partial charge in [-0.15, -0.1) is 11.3 Å². The summed E-state index contributed by atoms with van der Waals surface area (Å²) < 4.78 is 7.38. The van der Waals surface area contributed by atoms with Gasteiger partial charge >= 0.3 is 0 Å². The van der Waals surface area contributed by atoms with E-state index in [1.807, 2.05) is 18.7 Å². The molecule has 0 saturated heterocycles. The van der Waals surface area contributed by atoms with Crippen LogP contribution in [-0.2, 0) is 13.0 Å². The first-order valence-corrected chi connectivity index (χ1v) is 7.25. The van der Waals surface area contributed by atoms with Crippen LogP contribution in [0.5, 0.6) is 5.75 Å². The first-order chi connectivity index (χ1) is 9.19. The molecule has 2 aromatic heterocycles. The quantitative estimate of drug-likeness (QED) is 0.881. The van der Waals surface area contributed by atoms with Crippen molar-refractivity contribution in [1.82, 2.24) is 20.1 Å². The number of aromatic nitrogens is 3. The van der Waals surface area contributed by atoms with Gasteiger partial charge in [0.15, 0.2) is 5.75 Å². The molecule has 0 saturated carbocycles. The number of methoxy groups -OCH3 is 1. The molecule has 0 amide bonds. The number of thiazole rings is 1. The Balaban J connectivity index is 2.28. The molecular weight excluding hydrogens is 260 g/mol. The maximum Gasteiger partial charge on any atom is 0.161 e. The van der Waals surface area contributed by atoms with Gasteiger partial charge in [-0.1, -0.05) is 0 Å². The lowest BCUT2D eigenvalue weighted by atomic mass is 10.1. The summed E-state index contributed by atoms with van der Waals surface area (Å²) in [5, 5.41) is 10.9. The molecule has 1 unspecified atom stereocenters. The van der Waals surface area contributed by atoms with Gasteiger partial charge in [0.05, 0.1) is 35.7 Å². The third-order valence-electron chi connectivity index (χ3n) is 3.12. The molecule has 2 rings (SSSR count). The van der Waals surface area contributed by atoms with Gasteiger partial charge in [-0.3, -0.25) is 4.68 Å². The van der Waals surface area contributed by atoms with Crippen molar-refractivity contribution in [2.75, 3.05) is 14.2 Å². The van der Waals surface area contributed by atoms with E-state index in [4.69, 9.17) is 4.74 Å². The zero-order valence-corrected chi connectivity index (χ0v) is 12.6. The zero-order valence-electron chi connectivity index (χ0n) is 11.8. The Bertz CT molecular complexity index is 513. The van der Waals surface area contributed by atoms with Crippen LogP contribution in [0.2, 0.25) is 0 Å². The van der Waals surface area contributed by atoms with Crippen LogP contribution < -0.4 is 10.1 Å². The molecule has 0 aromatic carbocycles. The normalized spacial score (nSPS) is 12.6. The third kappa shape index (κ3) is 2.96. The molecule has 2 aromatic rings. The number of nitrogens with one attached hydrogen (secondary N) is 1. The van der Waals surface area contributed by atoms with E-state index < -0.39 is 0 Å². The lowest BCUT2D eigenvalue weighted by Gasteiger charge is -2.18. The summed E-state index contributed by atoms with van der Waals surface area (Å²) in [5.74, 6) is 0.827. The Kier molecular flexibility index (Phi) is 4.55. The number of hydrogen-bond acceptors (Lipinski definition) is 5. The second-order valence-corrected chi connectivity index (χ2v) is 5.38. The van der Waals surface area contributed by atoms with Crippen LogP contribution in [0.3, 0.4) is 0 Å². The van der Waals surface area contributed by atoms with Crippen molar-refractivity contribution in [3.05, 3.63) is 28.0 Å². The van der Waals surface area contributed by atoms with E-state index in [0.29, 0.717) is 0 Å². The summed E-state index contributed by atoms with van der Waals surface area (Å²) in [6.07, 6.45) is 2.61. The molecule has 1 atom stereocenters. The number of nitrogens with zero attached hydrogens (tertiary/aromatic N) is 3. The summed E-state index contributed by atoms with van der Waals surface area (Å²) in [7, 11) is 3.64. The summed E-state index contributed by atoms with van der Waals surface area (Å²) >= 11 is 1.68. The van der Waals surface area contributed by atoms with Gasteiger partial charge in [0.2, 0.25) is 0 Å². The minimum absolute atomic E-state index is 0.152. The molecule has 5 nitrogen and oxygen atoms in total. The summed E-state index contributed by atoms with van der Waals surface area (Å²) in [6, 6.07) is 0.152. The molecule has 0 aliphatic carbocycles. The van der Waals surface area contributed by atoms with Crippen molar-refractivity contribution in [2.24, 2.45) is 0 Å². The number of aryl methyl sites for hydroxylation is 2. The van der Waals surface area contributed by atoms with Gasteiger partial charge in [0.1, 0.15) is 0 Å². The fourth-order valence-corrected chi connectivity index (χ4v) is 2.81. The maximum absolute atomic E-state index is 5.41. The van der Waals surface area contributed by atoms with Crippen molar-refractivity contribution in [3.63, 3.8) is 0 Å². The van der Waals surface area contributed by atoms with E-state index in [2.05, 4.69) is 27.7 Å². The number of hydrogen-bond donors (Lipinski definition) is 1. The van der Waals surface area contributed by atoms with E-state index in [0.717, 1.165) is 35.1 Å². The van der Waals surface area contributed by atoms with Gasteiger partial charge < -0.3 is 10.1 Å². The van der Waals surface area contributed by atoms with E-state index >= 15 is 0 Å². The summed E-state index contributed by atoms with van der Waals surface area (Å²) in [4.78, 5) is 4.53. The molecule has 0 aliphatic heterocycles. The van der Waals surface area contributed by atoms with Crippen LogP contribution in [0.4, 0.5) is 0 Å². The molecule has 104 valence electrons. The molecule has 0 aliphatic rings. The fourth-order valence-electron chi connectivity index (χ4n) is 2.19. The SMILES string of the molecule is CCn1ncc(OC)c1C(Cc1csc(C)n1)NC. The molecule has 0 bridgehead atoms. The third-order valence-corrected chi connectivity index (χ3v) is 3.95. The predicted octanol–water partition coefficient (Wildman–Crippen LogP) is 2.18. The van der Waals surface area contributed by atoms with E-state index in [-0.39, 0.29) is 6.04 Å². The zero-order chi connectivity index (χ0) is 13.8. The highest BCUT2D eigenvalue weighted by Crippen LogP contribution is 2.27. The second kappa shape index (κ2) is 6.16. The highest BCUT2D eigenvalue weighted by molar-refractivity contribution is 7.09. The Morgan fingerprint density at radius 3 is 2.84 bits per heavy atom. The fraction of sp³-hybridized carbons (Fsp3) is 0.538. The first-order valence-electron chi connectivity index (χ1n) is 6.37. The Morgan fingerprint density at radius 1 is 1.53 bits per heavy atom. The van der Waals surface area contributed by atoms with Crippen molar-refractivity contribution in [1.29, 1.82) is 0 Å². The topological polar surface area (TPSA) is 52.0 Å². The minimum atomic E-state index is 0.152. The summed E-state index contributed by atoms with van der Waals surface area (Å²) in [6.45, 7) is 4.93. The largest absolute Gasteiger partial charge is 0.493 e. The van der Waals surface area contributed by atoms with Gasteiger partial charge in [-0.2, -0.15) is 5.10 Å². The lowest BCUT2D eigenvalue weighted by Crippen LogP contribution is -2.23. The standard InChI is InChI=1S/C13H20N4OS/c1-5-17-13(12(18-4)7-15-17)11(14-3)6-10-8-19-9(2)16-10/h7-8,11,14H,5-6H2,1-4H3. The highest BCUT2D eigenvalue weighted by Gasteiger charge is 2.21. The van der Waals surface area contributed by atoms with Crippen molar-refractivity contribution in [3.8, 4) is 5.75 Å². The molecule has 1 N–H and O–H groups in total. The Labute approximate surface area is 117 Å². The summed E-state index contributed by atoms with van der Waals surface area (Å²) in [5.41, 5.74) is 2.19. The molecule has 0 spiro atoms. The van der Waals surface area contributed by atoms with Crippen molar-refractivity contribution < 1.29 is 4.74 Å². The Hall–Kier alpha value is -1.40. The van der Waals surface area contributed by atoms with E-state index in [1.165, 1.54) is 0 Å². The first kappa shape index (κ1) is 14.0. The number of rotatable bonds is 6. The predicted molar refractivity (Wildman–Crippen MR) is 76.8 cm³/mol. The smallest absolute Gasteiger partial charge is 0.161 e. The molecule has 2 heterocycles. The average molecular weight is 280 g/mol. The highest BCUT2D eigenvalue weighted by atomic mass is 32.1. The average Bonchev–Trinajstić information content (AvgIpc) is 3.01. The monoisotopic (exact) mass is 280 g/mol. The van der Waals surface area contributed by atoms with Crippen molar-refractivity contribution in [2.45, 2.75) is 32.9 Å². The van der Waals surface area contributed by atoms with Gasteiger partial charge in [0.25, 0.3) is 0 Å². The second-order valence-electron chi connectivity index (χ2n) is 4.32. The van der Waals surface area contributed by atoms with Crippen LogP contribution in [0.1, 0.15) is 29.4 Å². The maximum atomic E-state index is 5.41. The van der Waals surface area contributed by atoms with Crippen LogP contribution >= 0.6 is 11.3 Å². The van der Waals surface area contributed by atoms with Gasteiger partial charge in [-0.25, -0.2) is 4.98 Å². The van der Waals surface area contributed by atoms with Crippen LogP contribution in [-0.4, -0.2) is 28.9 Å². The Morgan fingerprint density at radius 2 is 2.32 bits per heavy atom. The van der Waals surface area contributed by atoms with Crippen LogP contribution in [0.15, 0.2) is 11.6 Å². The lowest BCUT2D eigenvalue weighted by molar-refractivity contribution is 0.394. The number of likely N-dealkylation sites (N-methyl/N-ethyl adjacent to an activating group) is 1. The molecule has 0 fully saturated rings. The molecular formula is C13H20N4OS. The van der Waals surface area contributed by atoms with Crippen LogP contribution in [0.25, 0.3) is 0 Å². The van der Waals surface area contributed by atoms with Crippen LogP contribution in [0, 0.1) is 6.92 Å². The molecule has 6 heteroatoms. The van der Waals surface area contributed by atoms with E-state index in [1.54, 1.807) is 24.6 Å². The number of ether oxygens (including phenoxy) is 1. The van der Waals surface area contributed by atoms with Gasteiger partial charge in [-0.05, 0) is 20.9 Å². The molecule has 0 radical (unpaired) electrons. The van der Waals surface area contributed by atoms with Crippen molar-refractivity contribution >= 4 is 11.3 Å².